The molecule has 0 fully saturated rings. The van der Waals surface area contributed by atoms with Crippen molar-refractivity contribution < 1.29 is 4.79 Å². The molecule has 2 heterocycles. The van der Waals surface area contributed by atoms with Crippen LogP contribution >= 0.6 is 11.3 Å². The van der Waals surface area contributed by atoms with Crippen LogP contribution in [0.5, 0.6) is 0 Å². The molecule has 0 radical (unpaired) electrons. The van der Waals surface area contributed by atoms with Crippen molar-refractivity contribution in [2.75, 3.05) is 0 Å². The molecule has 0 saturated carbocycles. The van der Waals surface area contributed by atoms with Crippen LogP contribution in [-0.4, -0.2) is 15.7 Å². The van der Waals surface area contributed by atoms with E-state index in [-0.39, 0.29) is 5.91 Å². The lowest BCUT2D eigenvalue weighted by atomic mass is 10.2. The molecule has 3 nitrogen and oxygen atoms in total. The summed E-state index contributed by atoms with van der Waals surface area (Å²) in [5.41, 5.74) is 2.55. The average Bonchev–Trinajstić information content (AvgIpc) is 3.14. The Balaban J connectivity index is 1.77. The van der Waals surface area contributed by atoms with Crippen LogP contribution in [0.1, 0.15) is 26.5 Å². The molecule has 0 saturated heterocycles. The summed E-state index contributed by atoms with van der Waals surface area (Å²) in [5, 5.41) is 6.16. The standard InChI is InChI=1S/C17H14N2OS/c1-13-11-15(12-21-13)17(20)19-10-9-16(18-19)8-7-14-5-3-2-4-6-14/h2-12H,1H3/b8-7+. The number of aryl methyl sites for hydroxylation is 1. The summed E-state index contributed by atoms with van der Waals surface area (Å²) in [7, 11) is 0. The molecule has 0 spiro atoms. The summed E-state index contributed by atoms with van der Waals surface area (Å²) in [5.74, 6) is -0.0984. The van der Waals surface area contributed by atoms with Gasteiger partial charge in [0, 0.05) is 16.5 Å². The Kier molecular flexibility index (Phi) is 3.79. The summed E-state index contributed by atoms with van der Waals surface area (Å²) < 4.78 is 1.38. The van der Waals surface area contributed by atoms with Crippen molar-refractivity contribution in [2.24, 2.45) is 0 Å². The quantitative estimate of drug-likeness (QED) is 0.728. The summed E-state index contributed by atoms with van der Waals surface area (Å²) in [6.07, 6.45) is 5.57. The van der Waals surface area contributed by atoms with E-state index in [9.17, 15) is 4.79 Å². The second-order valence-electron chi connectivity index (χ2n) is 4.68. The SMILES string of the molecule is Cc1cc(C(=O)n2ccc(/C=C/c3ccccc3)n2)cs1. The van der Waals surface area contributed by atoms with Gasteiger partial charge in [-0.3, -0.25) is 4.79 Å². The number of benzene rings is 1. The second-order valence-corrected chi connectivity index (χ2v) is 5.80. The first kappa shape index (κ1) is 13.5. The van der Waals surface area contributed by atoms with Gasteiger partial charge in [0.2, 0.25) is 0 Å². The molecule has 4 heteroatoms. The van der Waals surface area contributed by atoms with Gasteiger partial charge in [-0.15, -0.1) is 11.3 Å². The molecular formula is C17H14N2OS. The zero-order valence-electron chi connectivity index (χ0n) is 11.6. The third-order valence-electron chi connectivity index (χ3n) is 3.04. The molecule has 0 N–H and O–H groups in total. The lowest BCUT2D eigenvalue weighted by Crippen LogP contribution is -2.11. The Morgan fingerprint density at radius 2 is 2.00 bits per heavy atom. The largest absolute Gasteiger partial charge is 0.279 e. The van der Waals surface area contributed by atoms with Crippen molar-refractivity contribution >= 4 is 29.4 Å². The van der Waals surface area contributed by atoms with E-state index in [1.165, 1.54) is 4.68 Å². The normalized spacial score (nSPS) is 11.1. The van der Waals surface area contributed by atoms with E-state index in [4.69, 9.17) is 0 Å². The fraction of sp³-hybridized carbons (Fsp3) is 0.0588. The number of hydrogen-bond donors (Lipinski definition) is 0. The maximum Gasteiger partial charge on any atom is 0.279 e. The van der Waals surface area contributed by atoms with Gasteiger partial charge in [-0.2, -0.15) is 5.10 Å². The van der Waals surface area contributed by atoms with Crippen molar-refractivity contribution in [3.8, 4) is 0 Å². The van der Waals surface area contributed by atoms with Gasteiger partial charge < -0.3 is 0 Å². The number of hydrogen-bond acceptors (Lipinski definition) is 3. The van der Waals surface area contributed by atoms with Gasteiger partial charge in [-0.1, -0.05) is 36.4 Å². The summed E-state index contributed by atoms with van der Waals surface area (Å²) in [4.78, 5) is 13.4. The van der Waals surface area contributed by atoms with E-state index in [1.807, 2.05) is 66.9 Å². The Morgan fingerprint density at radius 1 is 1.19 bits per heavy atom. The fourth-order valence-corrected chi connectivity index (χ4v) is 2.65. The fourth-order valence-electron chi connectivity index (χ4n) is 1.97. The number of rotatable bonds is 3. The molecule has 0 aliphatic rings. The minimum atomic E-state index is -0.0984. The number of carbonyl (C=O) groups is 1. The highest BCUT2D eigenvalue weighted by atomic mass is 32.1. The van der Waals surface area contributed by atoms with Crippen molar-refractivity contribution in [3.63, 3.8) is 0 Å². The highest BCUT2D eigenvalue weighted by Crippen LogP contribution is 2.14. The van der Waals surface area contributed by atoms with Crippen LogP contribution in [0.15, 0.2) is 54.0 Å². The molecule has 0 unspecified atom stereocenters. The molecule has 21 heavy (non-hydrogen) atoms. The first-order chi connectivity index (χ1) is 10.2. The maximum absolute atomic E-state index is 12.2. The third-order valence-corrected chi connectivity index (χ3v) is 3.90. The van der Waals surface area contributed by atoms with Crippen molar-refractivity contribution in [2.45, 2.75) is 6.92 Å². The van der Waals surface area contributed by atoms with Crippen LogP contribution in [0.3, 0.4) is 0 Å². The summed E-state index contributed by atoms with van der Waals surface area (Å²) >= 11 is 1.57. The molecule has 0 atom stereocenters. The molecule has 3 rings (SSSR count). The van der Waals surface area contributed by atoms with Crippen LogP contribution in [0.4, 0.5) is 0 Å². The summed E-state index contributed by atoms with van der Waals surface area (Å²) in [6, 6.07) is 13.7. The van der Waals surface area contributed by atoms with Crippen LogP contribution in [0, 0.1) is 6.92 Å². The van der Waals surface area contributed by atoms with Crippen molar-refractivity contribution in [3.05, 3.63) is 75.7 Å². The van der Waals surface area contributed by atoms with E-state index < -0.39 is 0 Å². The minimum absolute atomic E-state index is 0.0984. The van der Waals surface area contributed by atoms with E-state index in [0.29, 0.717) is 5.56 Å². The topological polar surface area (TPSA) is 34.9 Å². The Labute approximate surface area is 127 Å². The molecule has 0 aliphatic carbocycles. The molecule has 1 aromatic carbocycles. The Morgan fingerprint density at radius 3 is 2.71 bits per heavy atom. The van der Waals surface area contributed by atoms with Crippen LogP contribution in [0.25, 0.3) is 12.2 Å². The van der Waals surface area contributed by atoms with Gasteiger partial charge in [-0.25, -0.2) is 4.68 Å². The average molecular weight is 294 g/mol. The second kappa shape index (κ2) is 5.89. The zero-order valence-corrected chi connectivity index (χ0v) is 12.4. The van der Waals surface area contributed by atoms with Crippen LogP contribution < -0.4 is 0 Å². The van der Waals surface area contributed by atoms with E-state index in [1.54, 1.807) is 17.5 Å². The number of nitrogens with zero attached hydrogens (tertiary/aromatic N) is 2. The van der Waals surface area contributed by atoms with E-state index >= 15 is 0 Å². The van der Waals surface area contributed by atoms with E-state index in [2.05, 4.69) is 5.10 Å². The lowest BCUT2D eigenvalue weighted by Gasteiger charge is -1.96. The highest BCUT2D eigenvalue weighted by Gasteiger charge is 2.10. The van der Waals surface area contributed by atoms with Gasteiger partial charge in [-0.05, 0) is 30.7 Å². The minimum Gasteiger partial charge on any atom is -0.267 e. The highest BCUT2D eigenvalue weighted by molar-refractivity contribution is 7.10. The third kappa shape index (κ3) is 3.17. The van der Waals surface area contributed by atoms with Crippen molar-refractivity contribution in [1.82, 2.24) is 9.78 Å². The Bertz CT molecular complexity index is 784. The van der Waals surface area contributed by atoms with Gasteiger partial charge >= 0.3 is 0 Å². The smallest absolute Gasteiger partial charge is 0.267 e. The molecule has 0 amide bonds. The number of carbonyl (C=O) groups excluding carboxylic acids is 1. The van der Waals surface area contributed by atoms with Crippen LogP contribution in [-0.2, 0) is 0 Å². The van der Waals surface area contributed by atoms with Gasteiger partial charge in [0.15, 0.2) is 0 Å². The van der Waals surface area contributed by atoms with Gasteiger partial charge in [0.05, 0.1) is 11.3 Å². The first-order valence-electron chi connectivity index (χ1n) is 6.61. The van der Waals surface area contributed by atoms with Crippen LogP contribution in [0.2, 0.25) is 0 Å². The molecule has 2 aromatic heterocycles. The monoisotopic (exact) mass is 294 g/mol. The number of thiophene rings is 1. The Hall–Kier alpha value is -2.46. The molecule has 3 aromatic rings. The number of aromatic nitrogens is 2. The van der Waals surface area contributed by atoms with Crippen molar-refractivity contribution in [1.29, 1.82) is 0 Å². The lowest BCUT2D eigenvalue weighted by molar-refractivity contribution is 0.0945. The van der Waals surface area contributed by atoms with Gasteiger partial charge in [0.1, 0.15) is 0 Å². The maximum atomic E-state index is 12.2. The first-order valence-corrected chi connectivity index (χ1v) is 7.49. The molecule has 0 aliphatic heterocycles. The predicted octanol–water partition coefficient (Wildman–Crippen LogP) is 4.11. The van der Waals surface area contributed by atoms with E-state index in [0.717, 1.165) is 16.1 Å². The molecular weight excluding hydrogens is 280 g/mol. The summed E-state index contributed by atoms with van der Waals surface area (Å²) in [6.45, 7) is 1.98. The predicted molar refractivity (Wildman–Crippen MR) is 86.4 cm³/mol. The zero-order chi connectivity index (χ0) is 14.7. The van der Waals surface area contributed by atoms with Gasteiger partial charge in [0.25, 0.3) is 5.91 Å². The molecule has 104 valence electrons. The molecule has 0 bridgehead atoms.